The van der Waals surface area contributed by atoms with Gasteiger partial charge in [-0.15, -0.1) is 10.2 Å². The van der Waals surface area contributed by atoms with Crippen molar-refractivity contribution in [2.24, 2.45) is 0 Å². The molecular formula is C27H25N5O3S. The summed E-state index contributed by atoms with van der Waals surface area (Å²) in [5, 5.41) is 11.8. The SMILES string of the molecule is CCc1ccc(NC(=O)[C@@H]2Sc3nnc(-c4ccccc4)n3N[C@H]2c2ccc(C(=O)OC)cc2)cc1. The van der Waals surface area contributed by atoms with Crippen LogP contribution in [0.15, 0.2) is 84.0 Å². The van der Waals surface area contributed by atoms with Crippen LogP contribution in [0.5, 0.6) is 0 Å². The summed E-state index contributed by atoms with van der Waals surface area (Å²) >= 11 is 1.35. The lowest BCUT2D eigenvalue weighted by atomic mass is 10.0. The smallest absolute Gasteiger partial charge is 0.337 e. The number of carbonyl (C=O) groups excluding carboxylic acids is 2. The lowest BCUT2D eigenvalue weighted by Gasteiger charge is -2.33. The molecule has 0 unspecified atom stereocenters. The van der Waals surface area contributed by atoms with Gasteiger partial charge in [0, 0.05) is 11.3 Å². The number of nitrogens with one attached hydrogen (secondary N) is 2. The maximum absolute atomic E-state index is 13.5. The first-order chi connectivity index (χ1) is 17.6. The van der Waals surface area contributed by atoms with Gasteiger partial charge in [-0.2, -0.15) is 0 Å². The highest BCUT2D eigenvalue weighted by Gasteiger charge is 2.38. The number of nitrogens with zero attached hydrogens (tertiary/aromatic N) is 3. The molecule has 5 rings (SSSR count). The first-order valence-corrected chi connectivity index (χ1v) is 12.5. The minimum Gasteiger partial charge on any atom is -0.465 e. The van der Waals surface area contributed by atoms with Crippen LogP contribution in [0, 0.1) is 0 Å². The molecule has 9 heteroatoms. The fourth-order valence-corrected chi connectivity index (χ4v) is 5.14. The van der Waals surface area contributed by atoms with Crippen LogP contribution < -0.4 is 10.7 Å². The third kappa shape index (κ3) is 4.70. The monoisotopic (exact) mass is 499 g/mol. The van der Waals surface area contributed by atoms with Crippen molar-refractivity contribution in [1.29, 1.82) is 0 Å². The predicted molar refractivity (Wildman–Crippen MR) is 139 cm³/mol. The van der Waals surface area contributed by atoms with E-state index in [1.165, 1.54) is 24.4 Å². The van der Waals surface area contributed by atoms with Gasteiger partial charge in [0.15, 0.2) is 5.82 Å². The van der Waals surface area contributed by atoms with Gasteiger partial charge < -0.3 is 15.5 Å². The van der Waals surface area contributed by atoms with Gasteiger partial charge in [-0.25, -0.2) is 9.47 Å². The number of fused-ring (bicyclic) bond motifs is 1. The fraction of sp³-hybridized carbons (Fsp3) is 0.185. The summed E-state index contributed by atoms with van der Waals surface area (Å²) in [4.78, 5) is 25.4. The van der Waals surface area contributed by atoms with Crippen LogP contribution in [0.2, 0.25) is 0 Å². The van der Waals surface area contributed by atoms with Gasteiger partial charge in [0.1, 0.15) is 5.25 Å². The third-order valence-corrected chi connectivity index (χ3v) is 7.26. The second-order valence-electron chi connectivity index (χ2n) is 8.31. The minimum absolute atomic E-state index is 0.158. The molecule has 0 bridgehead atoms. The van der Waals surface area contributed by atoms with E-state index < -0.39 is 17.3 Å². The number of anilines is 1. The van der Waals surface area contributed by atoms with Crippen molar-refractivity contribution in [1.82, 2.24) is 14.9 Å². The van der Waals surface area contributed by atoms with Crippen LogP contribution >= 0.6 is 11.8 Å². The molecule has 2 atom stereocenters. The molecule has 36 heavy (non-hydrogen) atoms. The Morgan fingerprint density at radius 3 is 2.39 bits per heavy atom. The van der Waals surface area contributed by atoms with Gasteiger partial charge in [-0.05, 0) is 41.8 Å². The summed E-state index contributed by atoms with van der Waals surface area (Å²) in [6.45, 7) is 2.09. The molecule has 0 saturated heterocycles. The number of carbonyl (C=O) groups is 2. The molecule has 0 saturated carbocycles. The largest absolute Gasteiger partial charge is 0.465 e. The van der Waals surface area contributed by atoms with Gasteiger partial charge in [0.2, 0.25) is 11.1 Å². The summed E-state index contributed by atoms with van der Waals surface area (Å²) in [6.07, 6.45) is 0.930. The van der Waals surface area contributed by atoms with Crippen LogP contribution in [-0.4, -0.2) is 39.1 Å². The van der Waals surface area contributed by atoms with Crippen LogP contribution in [0.3, 0.4) is 0 Å². The number of ether oxygens (including phenoxy) is 1. The normalized spacial score (nSPS) is 16.5. The highest BCUT2D eigenvalue weighted by Crippen LogP contribution is 2.39. The Kier molecular flexibility index (Phi) is 6.73. The fourth-order valence-electron chi connectivity index (χ4n) is 4.06. The minimum atomic E-state index is -0.542. The summed E-state index contributed by atoms with van der Waals surface area (Å²) in [5.41, 5.74) is 7.57. The second kappa shape index (κ2) is 10.2. The average Bonchev–Trinajstić information content (AvgIpc) is 3.36. The Hall–Kier alpha value is -4.11. The van der Waals surface area contributed by atoms with Crippen molar-refractivity contribution in [3.05, 3.63) is 95.6 Å². The Bertz CT molecular complexity index is 1370. The van der Waals surface area contributed by atoms with E-state index in [4.69, 9.17) is 4.74 Å². The van der Waals surface area contributed by atoms with E-state index in [1.807, 2.05) is 71.4 Å². The summed E-state index contributed by atoms with van der Waals surface area (Å²) in [7, 11) is 1.35. The summed E-state index contributed by atoms with van der Waals surface area (Å²) < 4.78 is 6.64. The number of esters is 1. The first-order valence-electron chi connectivity index (χ1n) is 11.6. The number of benzene rings is 3. The van der Waals surface area contributed by atoms with Crippen molar-refractivity contribution in [3.63, 3.8) is 0 Å². The van der Waals surface area contributed by atoms with Crippen molar-refractivity contribution in [2.45, 2.75) is 29.8 Å². The van der Waals surface area contributed by atoms with Gasteiger partial charge in [0.05, 0.1) is 18.7 Å². The number of hydrogen-bond donors (Lipinski definition) is 2. The molecule has 3 aromatic carbocycles. The van der Waals surface area contributed by atoms with Crippen molar-refractivity contribution < 1.29 is 14.3 Å². The molecule has 4 aromatic rings. The highest BCUT2D eigenvalue weighted by atomic mass is 32.2. The molecule has 2 heterocycles. The molecule has 0 aliphatic carbocycles. The highest BCUT2D eigenvalue weighted by molar-refractivity contribution is 8.00. The zero-order chi connectivity index (χ0) is 25.1. The first kappa shape index (κ1) is 23.6. The van der Waals surface area contributed by atoms with E-state index >= 15 is 0 Å². The Morgan fingerprint density at radius 2 is 1.72 bits per heavy atom. The van der Waals surface area contributed by atoms with E-state index in [0.29, 0.717) is 16.5 Å². The predicted octanol–water partition coefficient (Wildman–Crippen LogP) is 4.69. The summed E-state index contributed by atoms with van der Waals surface area (Å²) in [6, 6.07) is 24.2. The van der Waals surface area contributed by atoms with Gasteiger partial charge >= 0.3 is 5.97 Å². The molecule has 8 nitrogen and oxygen atoms in total. The molecule has 1 aliphatic heterocycles. The molecule has 0 radical (unpaired) electrons. The van der Waals surface area contributed by atoms with Gasteiger partial charge in [0.25, 0.3) is 0 Å². The lowest BCUT2D eigenvalue weighted by molar-refractivity contribution is -0.116. The molecular weight excluding hydrogens is 474 g/mol. The Morgan fingerprint density at radius 1 is 1.00 bits per heavy atom. The van der Waals surface area contributed by atoms with Crippen LogP contribution in [0.1, 0.15) is 34.5 Å². The molecule has 1 aliphatic rings. The van der Waals surface area contributed by atoms with E-state index in [-0.39, 0.29) is 5.91 Å². The number of amides is 1. The summed E-state index contributed by atoms with van der Waals surface area (Å²) in [5.74, 6) is 0.0856. The number of thioether (sulfide) groups is 1. The van der Waals surface area contributed by atoms with Gasteiger partial charge in [-0.3, -0.25) is 4.79 Å². The Balaban J connectivity index is 1.49. The maximum atomic E-state index is 13.5. The number of aryl methyl sites for hydroxylation is 1. The van der Waals surface area contributed by atoms with Crippen LogP contribution in [0.4, 0.5) is 5.69 Å². The van der Waals surface area contributed by atoms with E-state index in [2.05, 4.69) is 27.9 Å². The number of aromatic nitrogens is 3. The number of methoxy groups -OCH3 is 1. The Labute approximate surface area is 213 Å². The van der Waals surface area contributed by atoms with E-state index in [1.54, 1.807) is 12.1 Å². The third-order valence-electron chi connectivity index (χ3n) is 6.05. The molecule has 1 aromatic heterocycles. The van der Waals surface area contributed by atoms with Crippen molar-refractivity contribution >= 4 is 29.3 Å². The zero-order valence-corrected chi connectivity index (χ0v) is 20.7. The standard InChI is InChI=1S/C27H25N5O3S/c1-3-17-9-15-21(16-10-17)28-25(33)23-22(18-11-13-20(14-12-18)26(34)35-2)31-32-24(29-30-27(32)36-23)19-7-5-4-6-8-19/h4-16,22-23,31H,3H2,1-2H3,(H,28,33)/t22-,23+/m0/s1. The van der Waals surface area contributed by atoms with E-state index in [0.717, 1.165) is 23.2 Å². The van der Waals surface area contributed by atoms with Crippen molar-refractivity contribution in [3.8, 4) is 11.4 Å². The molecule has 1 amide bonds. The molecule has 0 spiro atoms. The second-order valence-corrected chi connectivity index (χ2v) is 9.41. The number of hydrogen-bond acceptors (Lipinski definition) is 7. The zero-order valence-electron chi connectivity index (χ0n) is 19.8. The average molecular weight is 500 g/mol. The topological polar surface area (TPSA) is 98.1 Å². The quantitative estimate of drug-likeness (QED) is 0.371. The van der Waals surface area contributed by atoms with Crippen molar-refractivity contribution in [2.75, 3.05) is 17.9 Å². The van der Waals surface area contributed by atoms with Crippen LogP contribution in [0.25, 0.3) is 11.4 Å². The van der Waals surface area contributed by atoms with Crippen LogP contribution in [-0.2, 0) is 16.0 Å². The lowest BCUT2D eigenvalue weighted by Crippen LogP contribution is -2.41. The molecule has 182 valence electrons. The van der Waals surface area contributed by atoms with Gasteiger partial charge in [-0.1, -0.05) is 73.3 Å². The molecule has 0 fully saturated rings. The molecule has 2 N–H and O–H groups in total. The maximum Gasteiger partial charge on any atom is 0.337 e. The number of rotatable bonds is 6. The van der Waals surface area contributed by atoms with E-state index in [9.17, 15) is 9.59 Å².